The number of furan rings is 1. The van der Waals surface area contributed by atoms with Gasteiger partial charge in [-0.3, -0.25) is 4.79 Å². The Bertz CT molecular complexity index is 1220. The van der Waals surface area contributed by atoms with Gasteiger partial charge in [-0.15, -0.1) is 0 Å². The number of nitriles is 1. The van der Waals surface area contributed by atoms with Crippen LogP contribution in [0.2, 0.25) is 0 Å². The van der Waals surface area contributed by atoms with Crippen LogP contribution in [0.4, 0.5) is 5.69 Å². The molecule has 3 rings (SSSR count). The van der Waals surface area contributed by atoms with Crippen molar-refractivity contribution in [1.82, 2.24) is 0 Å². The molecular formula is C22H14N2O6. The average molecular weight is 402 g/mol. The number of nitrogens with zero attached hydrogens (tertiary/aromatic N) is 1. The predicted molar refractivity (Wildman–Crippen MR) is 107 cm³/mol. The van der Waals surface area contributed by atoms with Gasteiger partial charge in [0.15, 0.2) is 0 Å². The maximum Gasteiger partial charge on any atom is 0.335 e. The number of carbonyl (C=O) groups excluding carboxylic acids is 1. The van der Waals surface area contributed by atoms with E-state index in [0.29, 0.717) is 11.3 Å². The Balaban J connectivity index is 1.81. The number of hydrogen-bond acceptors (Lipinski definition) is 5. The van der Waals surface area contributed by atoms with Gasteiger partial charge in [0, 0.05) is 17.3 Å². The van der Waals surface area contributed by atoms with Gasteiger partial charge in [-0.05, 0) is 42.5 Å². The van der Waals surface area contributed by atoms with Crippen LogP contribution in [0.5, 0.6) is 0 Å². The molecular weight excluding hydrogens is 388 g/mol. The average Bonchev–Trinajstić information content (AvgIpc) is 3.21. The first-order chi connectivity index (χ1) is 14.4. The van der Waals surface area contributed by atoms with Crippen LogP contribution in [0, 0.1) is 11.3 Å². The molecule has 0 atom stereocenters. The summed E-state index contributed by atoms with van der Waals surface area (Å²) < 4.78 is 5.61. The van der Waals surface area contributed by atoms with Crippen LogP contribution in [0.25, 0.3) is 17.4 Å². The van der Waals surface area contributed by atoms with Crippen LogP contribution in [-0.2, 0) is 4.79 Å². The van der Waals surface area contributed by atoms with Crippen molar-refractivity contribution in [1.29, 1.82) is 5.26 Å². The van der Waals surface area contributed by atoms with E-state index in [-0.39, 0.29) is 28.1 Å². The van der Waals surface area contributed by atoms with E-state index in [4.69, 9.17) is 14.6 Å². The number of hydrogen-bond donors (Lipinski definition) is 3. The second-order valence-corrected chi connectivity index (χ2v) is 6.10. The molecule has 1 aromatic heterocycles. The quantitative estimate of drug-likeness (QED) is 0.419. The summed E-state index contributed by atoms with van der Waals surface area (Å²) in [5.41, 5.74) is 0.599. The molecule has 0 unspecified atom stereocenters. The molecule has 8 heteroatoms. The lowest BCUT2D eigenvalue weighted by atomic mass is 10.1. The number of carbonyl (C=O) groups is 3. The van der Waals surface area contributed by atoms with Gasteiger partial charge >= 0.3 is 11.9 Å². The van der Waals surface area contributed by atoms with Crippen molar-refractivity contribution >= 4 is 29.6 Å². The molecule has 0 aliphatic rings. The molecule has 0 bridgehead atoms. The summed E-state index contributed by atoms with van der Waals surface area (Å²) in [5, 5.41) is 29.9. The van der Waals surface area contributed by atoms with E-state index in [0.717, 1.165) is 0 Å². The van der Waals surface area contributed by atoms with Crippen LogP contribution < -0.4 is 5.32 Å². The second-order valence-electron chi connectivity index (χ2n) is 6.10. The molecule has 8 nitrogen and oxygen atoms in total. The number of amides is 1. The number of carboxylic acids is 2. The lowest BCUT2D eigenvalue weighted by Crippen LogP contribution is -2.13. The van der Waals surface area contributed by atoms with E-state index in [1.165, 1.54) is 42.5 Å². The van der Waals surface area contributed by atoms with Crippen LogP contribution >= 0.6 is 0 Å². The van der Waals surface area contributed by atoms with Crippen molar-refractivity contribution in [2.45, 2.75) is 0 Å². The molecule has 2 aromatic carbocycles. The molecule has 0 aliphatic carbocycles. The van der Waals surface area contributed by atoms with Gasteiger partial charge in [0.1, 0.15) is 23.2 Å². The SMILES string of the molecule is N#C/C(=C\c1ccc(-c2cccc(C(=O)O)c2)o1)C(=O)Nc1cccc(C(=O)O)c1. The van der Waals surface area contributed by atoms with Gasteiger partial charge < -0.3 is 19.9 Å². The summed E-state index contributed by atoms with van der Waals surface area (Å²) in [6.07, 6.45) is 1.24. The monoisotopic (exact) mass is 402 g/mol. The second kappa shape index (κ2) is 8.58. The van der Waals surface area contributed by atoms with Gasteiger partial charge in [-0.25, -0.2) is 9.59 Å². The number of carboxylic acid groups (broad SMARTS) is 2. The summed E-state index contributed by atoms with van der Waals surface area (Å²) in [4.78, 5) is 34.5. The van der Waals surface area contributed by atoms with E-state index in [2.05, 4.69) is 5.32 Å². The van der Waals surface area contributed by atoms with Crippen molar-refractivity contribution in [2.75, 3.05) is 5.32 Å². The minimum absolute atomic E-state index is 0.00504. The topological polar surface area (TPSA) is 141 Å². The Labute approximate surface area is 170 Å². The van der Waals surface area contributed by atoms with E-state index in [1.54, 1.807) is 30.3 Å². The zero-order valence-electron chi connectivity index (χ0n) is 15.3. The molecule has 3 N–H and O–H groups in total. The number of benzene rings is 2. The molecule has 0 fully saturated rings. The predicted octanol–water partition coefficient (Wildman–Crippen LogP) is 3.89. The first-order valence-electron chi connectivity index (χ1n) is 8.57. The Kier molecular flexibility index (Phi) is 5.75. The van der Waals surface area contributed by atoms with Crippen LogP contribution in [-0.4, -0.2) is 28.1 Å². The Morgan fingerprint density at radius 1 is 0.933 bits per heavy atom. The number of nitrogens with one attached hydrogen (secondary N) is 1. The van der Waals surface area contributed by atoms with Crippen molar-refractivity contribution in [3.8, 4) is 17.4 Å². The fourth-order valence-corrected chi connectivity index (χ4v) is 2.61. The standard InChI is InChI=1S/C22H14N2O6/c23-12-16(20(25)24-17-6-2-5-15(10-17)22(28)29)11-18-7-8-19(30-18)13-3-1-4-14(9-13)21(26)27/h1-11H,(H,24,25)(H,26,27)(H,28,29)/b16-11+. The zero-order valence-corrected chi connectivity index (χ0v) is 15.3. The highest BCUT2D eigenvalue weighted by Gasteiger charge is 2.13. The highest BCUT2D eigenvalue weighted by atomic mass is 16.4. The third kappa shape index (κ3) is 4.61. The molecule has 0 spiro atoms. The summed E-state index contributed by atoms with van der Waals surface area (Å²) in [7, 11) is 0. The lowest BCUT2D eigenvalue weighted by Gasteiger charge is -2.05. The van der Waals surface area contributed by atoms with Gasteiger partial charge in [0.25, 0.3) is 5.91 Å². The van der Waals surface area contributed by atoms with Gasteiger partial charge in [-0.1, -0.05) is 18.2 Å². The van der Waals surface area contributed by atoms with Crippen molar-refractivity contribution in [3.63, 3.8) is 0 Å². The summed E-state index contributed by atoms with van der Waals surface area (Å²) in [5.74, 6) is -2.35. The van der Waals surface area contributed by atoms with E-state index in [9.17, 15) is 19.6 Å². The Hall–Kier alpha value is -4.64. The van der Waals surface area contributed by atoms with E-state index < -0.39 is 17.8 Å². The summed E-state index contributed by atoms with van der Waals surface area (Å²) in [6, 6.07) is 16.7. The zero-order chi connectivity index (χ0) is 21.7. The fourth-order valence-electron chi connectivity index (χ4n) is 2.61. The molecule has 0 saturated carbocycles. The summed E-state index contributed by atoms with van der Waals surface area (Å²) in [6.45, 7) is 0. The third-order valence-corrected chi connectivity index (χ3v) is 4.04. The maximum absolute atomic E-state index is 12.4. The molecule has 30 heavy (non-hydrogen) atoms. The van der Waals surface area contributed by atoms with E-state index in [1.807, 2.05) is 0 Å². The van der Waals surface area contributed by atoms with Crippen LogP contribution in [0.3, 0.4) is 0 Å². The first-order valence-corrected chi connectivity index (χ1v) is 8.57. The van der Waals surface area contributed by atoms with Crippen molar-refractivity contribution in [2.24, 2.45) is 0 Å². The molecule has 0 aliphatic heterocycles. The lowest BCUT2D eigenvalue weighted by molar-refractivity contribution is -0.112. The third-order valence-electron chi connectivity index (χ3n) is 4.04. The van der Waals surface area contributed by atoms with Crippen molar-refractivity contribution < 1.29 is 29.0 Å². The van der Waals surface area contributed by atoms with Crippen molar-refractivity contribution in [3.05, 3.63) is 83.1 Å². The largest absolute Gasteiger partial charge is 0.478 e. The van der Waals surface area contributed by atoms with Gasteiger partial charge in [-0.2, -0.15) is 5.26 Å². The minimum atomic E-state index is -1.14. The Morgan fingerprint density at radius 3 is 2.27 bits per heavy atom. The molecule has 1 heterocycles. The highest BCUT2D eigenvalue weighted by Crippen LogP contribution is 2.24. The molecule has 0 radical (unpaired) electrons. The fraction of sp³-hybridized carbons (Fsp3) is 0. The highest BCUT2D eigenvalue weighted by molar-refractivity contribution is 6.09. The number of rotatable bonds is 6. The van der Waals surface area contributed by atoms with Gasteiger partial charge in [0.2, 0.25) is 0 Å². The molecule has 148 valence electrons. The van der Waals surface area contributed by atoms with E-state index >= 15 is 0 Å². The maximum atomic E-state index is 12.4. The number of anilines is 1. The molecule has 1 amide bonds. The first kappa shape index (κ1) is 20.1. The smallest absolute Gasteiger partial charge is 0.335 e. The van der Waals surface area contributed by atoms with Crippen LogP contribution in [0.15, 0.2) is 70.7 Å². The van der Waals surface area contributed by atoms with Crippen LogP contribution in [0.1, 0.15) is 26.5 Å². The molecule has 0 saturated heterocycles. The summed E-state index contributed by atoms with van der Waals surface area (Å²) >= 11 is 0. The Morgan fingerprint density at radius 2 is 1.60 bits per heavy atom. The van der Waals surface area contributed by atoms with Gasteiger partial charge in [0.05, 0.1) is 11.1 Å². The number of aromatic carboxylic acids is 2. The normalized spacial score (nSPS) is 10.8. The minimum Gasteiger partial charge on any atom is -0.478 e. The molecule has 3 aromatic rings.